The predicted octanol–water partition coefficient (Wildman–Crippen LogP) is 1.79. The van der Waals surface area contributed by atoms with Gasteiger partial charge < -0.3 is 25.0 Å². The van der Waals surface area contributed by atoms with Crippen LogP contribution >= 0.6 is 0 Å². The van der Waals surface area contributed by atoms with Crippen molar-refractivity contribution in [2.75, 3.05) is 50.9 Å². The van der Waals surface area contributed by atoms with Crippen molar-refractivity contribution in [1.29, 1.82) is 0 Å². The Kier molecular flexibility index (Phi) is 9.20. The molecule has 0 aliphatic carbocycles. The summed E-state index contributed by atoms with van der Waals surface area (Å²) in [6, 6.07) is 4.18. The van der Waals surface area contributed by atoms with E-state index in [0.29, 0.717) is 6.54 Å². The number of anilines is 1. The molecule has 2 N–H and O–H groups in total. The molecule has 26 heavy (non-hydrogen) atoms. The largest absolute Gasteiger partial charge is 0.382 e. The van der Waals surface area contributed by atoms with Crippen LogP contribution in [0.25, 0.3) is 0 Å². The van der Waals surface area contributed by atoms with Crippen LogP contribution < -0.4 is 15.5 Å². The fourth-order valence-electron chi connectivity index (χ4n) is 2.76. The number of pyridine rings is 1. The molecule has 1 aliphatic rings. The van der Waals surface area contributed by atoms with Gasteiger partial charge in [-0.05, 0) is 38.8 Å². The standard InChI is InChI=1S/C19H33N5O2/c1-4-20-19(21-9-6-11-25-5-2)23-14-17-7-8-18(22-13-17)24-10-12-26-16(3)15-24/h7-8,13,16H,4-6,9-12,14-15H2,1-3H3,(H2,20,21,23). The summed E-state index contributed by atoms with van der Waals surface area (Å²) < 4.78 is 10.9. The lowest BCUT2D eigenvalue weighted by Gasteiger charge is -2.32. The molecule has 2 heterocycles. The molecule has 7 heteroatoms. The molecule has 7 nitrogen and oxygen atoms in total. The van der Waals surface area contributed by atoms with Gasteiger partial charge in [0.25, 0.3) is 0 Å². The van der Waals surface area contributed by atoms with E-state index in [9.17, 15) is 0 Å². The van der Waals surface area contributed by atoms with Crippen LogP contribution in [0.3, 0.4) is 0 Å². The molecule has 1 atom stereocenters. The predicted molar refractivity (Wildman–Crippen MR) is 106 cm³/mol. The molecule has 1 unspecified atom stereocenters. The van der Waals surface area contributed by atoms with Gasteiger partial charge in [-0.3, -0.25) is 0 Å². The second-order valence-electron chi connectivity index (χ2n) is 6.32. The second-order valence-corrected chi connectivity index (χ2v) is 6.32. The first kappa shape index (κ1) is 20.5. The van der Waals surface area contributed by atoms with Gasteiger partial charge in [-0.25, -0.2) is 9.98 Å². The van der Waals surface area contributed by atoms with Crippen molar-refractivity contribution in [3.05, 3.63) is 23.9 Å². The Balaban J connectivity index is 1.83. The van der Waals surface area contributed by atoms with Crippen LogP contribution in [-0.4, -0.2) is 63.0 Å². The quantitative estimate of drug-likeness (QED) is 0.396. The van der Waals surface area contributed by atoms with Crippen molar-refractivity contribution in [3.63, 3.8) is 0 Å². The van der Waals surface area contributed by atoms with Gasteiger partial charge >= 0.3 is 0 Å². The summed E-state index contributed by atoms with van der Waals surface area (Å²) >= 11 is 0. The number of nitrogens with zero attached hydrogens (tertiary/aromatic N) is 3. The molecule has 0 aromatic carbocycles. The lowest BCUT2D eigenvalue weighted by atomic mass is 10.2. The van der Waals surface area contributed by atoms with Gasteiger partial charge in [-0.15, -0.1) is 0 Å². The van der Waals surface area contributed by atoms with Gasteiger partial charge in [0.15, 0.2) is 5.96 Å². The van der Waals surface area contributed by atoms with Crippen LogP contribution in [0.5, 0.6) is 0 Å². The highest BCUT2D eigenvalue weighted by molar-refractivity contribution is 5.79. The van der Waals surface area contributed by atoms with E-state index in [4.69, 9.17) is 9.47 Å². The van der Waals surface area contributed by atoms with E-state index in [0.717, 1.165) is 69.8 Å². The van der Waals surface area contributed by atoms with Crippen molar-refractivity contribution in [2.45, 2.75) is 39.8 Å². The summed E-state index contributed by atoms with van der Waals surface area (Å²) in [5.74, 6) is 1.84. The van der Waals surface area contributed by atoms with E-state index in [2.05, 4.69) is 51.5 Å². The molecule has 1 aromatic heterocycles. The van der Waals surface area contributed by atoms with E-state index < -0.39 is 0 Å². The molecule has 0 spiro atoms. The topological polar surface area (TPSA) is 71.0 Å². The zero-order chi connectivity index (χ0) is 18.6. The third-order valence-corrected chi connectivity index (χ3v) is 4.10. The van der Waals surface area contributed by atoms with Gasteiger partial charge in [0.1, 0.15) is 5.82 Å². The Morgan fingerprint density at radius 1 is 1.38 bits per heavy atom. The van der Waals surface area contributed by atoms with Gasteiger partial charge in [-0.1, -0.05) is 6.07 Å². The van der Waals surface area contributed by atoms with Crippen LogP contribution in [0.15, 0.2) is 23.3 Å². The number of guanidine groups is 1. The summed E-state index contributed by atoms with van der Waals surface area (Å²) in [6.45, 7) is 12.5. The van der Waals surface area contributed by atoms with E-state index in [-0.39, 0.29) is 6.10 Å². The summed E-state index contributed by atoms with van der Waals surface area (Å²) in [6.07, 6.45) is 3.13. The average molecular weight is 364 g/mol. The van der Waals surface area contributed by atoms with Crippen LogP contribution in [0.4, 0.5) is 5.82 Å². The number of aliphatic imine (C=N–C) groups is 1. The molecule has 1 aromatic rings. The first-order chi connectivity index (χ1) is 12.7. The molecule has 2 rings (SSSR count). The van der Waals surface area contributed by atoms with Crippen LogP contribution in [0, 0.1) is 0 Å². The number of ether oxygens (including phenoxy) is 2. The third-order valence-electron chi connectivity index (χ3n) is 4.10. The highest BCUT2D eigenvalue weighted by Crippen LogP contribution is 2.15. The molecule has 1 fully saturated rings. The molecule has 0 saturated carbocycles. The number of hydrogen-bond donors (Lipinski definition) is 2. The molecule has 1 aliphatic heterocycles. The van der Waals surface area contributed by atoms with Crippen LogP contribution in [-0.2, 0) is 16.0 Å². The summed E-state index contributed by atoms with van der Waals surface area (Å²) in [7, 11) is 0. The average Bonchev–Trinajstić information content (AvgIpc) is 2.66. The van der Waals surface area contributed by atoms with Crippen molar-refractivity contribution in [1.82, 2.24) is 15.6 Å². The zero-order valence-corrected chi connectivity index (χ0v) is 16.3. The smallest absolute Gasteiger partial charge is 0.191 e. The minimum Gasteiger partial charge on any atom is -0.382 e. The normalized spacial score (nSPS) is 18.0. The highest BCUT2D eigenvalue weighted by atomic mass is 16.5. The summed E-state index contributed by atoms with van der Waals surface area (Å²) in [4.78, 5) is 11.5. The van der Waals surface area contributed by atoms with E-state index in [1.807, 2.05) is 13.1 Å². The fraction of sp³-hybridized carbons (Fsp3) is 0.684. The monoisotopic (exact) mass is 363 g/mol. The summed E-state index contributed by atoms with van der Waals surface area (Å²) in [5, 5.41) is 6.60. The lowest BCUT2D eigenvalue weighted by molar-refractivity contribution is 0.0529. The van der Waals surface area contributed by atoms with Crippen molar-refractivity contribution < 1.29 is 9.47 Å². The van der Waals surface area contributed by atoms with E-state index >= 15 is 0 Å². The van der Waals surface area contributed by atoms with Crippen LogP contribution in [0.2, 0.25) is 0 Å². The number of rotatable bonds is 9. The first-order valence-corrected chi connectivity index (χ1v) is 9.64. The van der Waals surface area contributed by atoms with E-state index in [1.54, 1.807) is 0 Å². The van der Waals surface area contributed by atoms with Crippen molar-refractivity contribution >= 4 is 11.8 Å². The van der Waals surface area contributed by atoms with Crippen LogP contribution in [0.1, 0.15) is 32.8 Å². The molecule has 1 saturated heterocycles. The maximum Gasteiger partial charge on any atom is 0.191 e. The molecule has 146 valence electrons. The van der Waals surface area contributed by atoms with Gasteiger partial charge in [-0.2, -0.15) is 0 Å². The van der Waals surface area contributed by atoms with E-state index in [1.165, 1.54) is 0 Å². The number of hydrogen-bond acceptors (Lipinski definition) is 5. The molecular weight excluding hydrogens is 330 g/mol. The number of nitrogens with one attached hydrogen (secondary N) is 2. The Morgan fingerprint density at radius 3 is 2.96 bits per heavy atom. The van der Waals surface area contributed by atoms with Crippen molar-refractivity contribution in [2.24, 2.45) is 4.99 Å². The Bertz CT molecular complexity index is 535. The third kappa shape index (κ3) is 7.17. The number of aromatic nitrogens is 1. The summed E-state index contributed by atoms with van der Waals surface area (Å²) in [5.41, 5.74) is 1.10. The van der Waals surface area contributed by atoms with Gasteiger partial charge in [0.05, 0.1) is 19.3 Å². The Hall–Kier alpha value is -1.86. The minimum atomic E-state index is 0.256. The molecule has 0 amide bonds. The lowest BCUT2D eigenvalue weighted by Crippen LogP contribution is -2.41. The molecule has 0 radical (unpaired) electrons. The Morgan fingerprint density at radius 2 is 2.27 bits per heavy atom. The molecule has 0 bridgehead atoms. The zero-order valence-electron chi connectivity index (χ0n) is 16.3. The first-order valence-electron chi connectivity index (χ1n) is 9.64. The van der Waals surface area contributed by atoms with Gasteiger partial charge in [0, 0.05) is 45.6 Å². The second kappa shape index (κ2) is 11.7. The maximum absolute atomic E-state index is 5.59. The Labute approximate surface area is 157 Å². The fourth-order valence-corrected chi connectivity index (χ4v) is 2.76. The molecular formula is C19H33N5O2. The maximum atomic E-state index is 5.59. The minimum absolute atomic E-state index is 0.256. The van der Waals surface area contributed by atoms with Gasteiger partial charge in [0.2, 0.25) is 0 Å². The SMILES string of the molecule is CCNC(=NCc1ccc(N2CCOC(C)C2)nc1)NCCCOCC. The highest BCUT2D eigenvalue weighted by Gasteiger charge is 2.17. The van der Waals surface area contributed by atoms with Crippen molar-refractivity contribution in [3.8, 4) is 0 Å². The number of morpholine rings is 1.